The molecule has 126 valence electrons. The SMILES string of the molecule is Cc1ccccc1CS(=O)(=O)CCCc1nc(-c2cccs2)no1. The van der Waals surface area contributed by atoms with Gasteiger partial charge in [-0.2, -0.15) is 4.98 Å². The Hall–Kier alpha value is -1.99. The van der Waals surface area contributed by atoms with Crippen LogP contribution in [-0.4, -0.2) is 24.3 Å². The molecule has 0 bridgehead atoms. The largest absolute Gasteiger partial charge is 0.339 e. The Kier molecular flexibility index (Phi) is 5.11. The predicted octanol–water partition coefficient (Wildman–Crippen LogP) is 3.65. The van der Waals surface area contributed by atoms with E-state index in [4.69, 9.17) is 4.52 Å². The molecule has 0 saturated carbocycles. The van der Waals surface area contributed by atoms with Crippen LogP contribution < -0.4 is 0 Å². The summed E-state index contributed by atoms with van der Waals surface area (Å²) in [5, 5.41) is 5.88. The van der Waals surface area contributed by atoms with Gasteiger partial charge in [0.1, 0.15) is 0 Å². The number of thiophene rings is 1. The average molecular weight is 362 g/mol. The zero-order valence-corrected chi connectivity index (χ0v) is 14.9. The van der Waals surface area contributed by atoms with Gasteiger partial charge in [-0.15, -0.1) is 11.3 Å². The predicted molar refractivity (Wildman–Crippen MR) is 94.6 cm³/mol. The van der Waals surface area contributed by atoms with Gasteiger partial charge in [-0.05, 0) is 35.9 Å². The highest BCUT2D eigenvalue weighted by Gasteiger charge is 2.15. The number of aryl methyl sites for hydroxylation is 2. The Labute approximate surface area is 145 Å². The summed E-state index contributed by atoms with van der Waals surface area (Å²) >= 11 is 1.54. The fourth-order valence-corrected chi connectivity index (χ4v) is 4.56. The standard InChI is InChI=1S/C17H18N2O3S2/c1-13-6-2-3-7-14(13)12-24(20,21)11-5-9-16-18-17(19-22-16)15-8-4-10-23-15/h2-4,6-8,10H,5,9,11-12H2,1H3. The summed E-state index contributed by atoms with van der Waals surface area (Å²) in [6.07, 6.45) is 0.936. The number of benzene rings is 1. The van der Waals surface area contributed by atoms with Gasteiger partial charge in [0, 0.05) is 6.42 Å². The molecular weight excluding hydrogens is 344 g/mol. The van der Waals surface area contributed by atoms with Gasteiger partial charge in [0.2, 0.25) is 11.7 Å². The van der Waals surface area contributed by atoms with Crippen LogP contribution >= 0.6 is 11.3 Å². The lowest BCUT2D eigenvalue weighted by atomic mass is 10.1. The number of nitrogens with zero attached hydrogens (tertiary/aromatic N) is 2. The molecular formula is C17H18N2O3S2. The van der Waals surface area contributed by atoms with Gasteiger partial charge < -0.3 is 4.52 Å². The monoisotopic (exact) mass is 362 g/mol. The second-order valence-electron chi connectivity index (χ2n) is 5.61. The van der Waals surface area contributed by atoms with Gasteiger partial charge in [-0.3, -0.25) is 0 Å². The number of hydrogen-bond donors (Lipinski definition) is 0. The van der Waals surface area contributed by atoms with E-state index in [-0.39, 0.29) is 11.5 Å². The van der Waals surface area contributed by atoms with Gasteiger partial charge in [0.25, 0.3) is 0 Å². The molecule has 3 rings (SSSR count). The molecule has 0 radical (unpaired) electrons. The van der Waals surface area contributed by atoms with Crippen molar-refractivity contribution in [1.82, 2.24) is 10.1 Å². The lowest BCUT2D eigenvalue weighted by molar-refractivity contribution is 0.378. The first-order chi connectivity index (χ1) is 11.5. The van der Waals surface area contributed by atoms with E-state index in [9.17, 15) is 8.42 Å². The maximum absolute atomic E-state index is 12.3. The third-order valence-corrected chi connectivity index (χ3v) is 6.22. The molecule has 0 unspecified atom stereocenters. The molecule has 2 heterocycles. The molecule has 0 aliphatic rings. The average Bonchev–Trinajstić information content (AvgIpc) is 3.20. The highest BCUT2D eigenvalue weighted by molar-refractivity contribution is 7.90. The molecule has 0 fully saturated rings. The van der Waals surface area contributed by atoms with E-state index in [0.717, 1.165) is 16.0 Å². The quantitative estimate of drug-likeness (QED) is 0.641. The smallest absolute Gasteiger partial charge is 0.227 e. The summed E-state index contributed by atoms with van der Waals surface area (Å²) in [4.78, 5) is 5.25. The fourth-order valence-electron chi connectivity index (χ4n) is 2.39. The van der Waals surface area contributed by atoms with Crippen LogP contribution in [-0.2, 0) is 22.0 Å². The van der Waals surface area contributed by atoms with Crippen LogP contribution in [0.5, 0.6) is 0 Å². The van der Waals surface area contributed by atoms with Gasteiger partial charge in [-0.25, -0.2) is 8.42 Å². The molecule has 24 heavy (non-hydrogen) atoms. The Morgan fingerprint density at radius 3 is 2.75 bits per heavy atom. The first kappa shape index (κ1) is 16.9. The molecule has 1 aromatic carbocycles. The minimum Gasteiger partial charge on any atom is -0.339 e. The van der Waals surface area contributed by atoms with Gasteiger partial charge in [-0.1, -0.05) is 35.5 Å². The molecule has 5 nitrogen and oxygen atoms in total. The van der Waals surface area contributed by atoms with Crippen LogP contribution in [0.1, 0.15) is 23.4 Å². The van der Waals surface area contributed by atoms with Crippen LogP contribution in [0.2, 0.25) is 0 Å². The molecule has 7 heteroatoms. The van der Waals surface area contributed by atoms with Crippen molar-refractivity contribution in [2.75, 3.05) is 5.75 Å². The van der Waals surface area contributed by atoms with Crippen molar-refractivity contribution in [2.45, 2.75) is 25.5 Å². The summed E-state index contributed by atoms with van der Waals surface area (Å²) in [5.74, 6) is 1.22. The third-order valence-electron chi connectivity index (χ3n) is 3.69. The fraction of sp³-hybridized carbons (Fsp3) is 0.294. The van der Waals surface area contributed by atoms with Crippen LogP contribution in [0.15, 0.2) is 46.3 Å². The van der Waals surface area contributed by atoms with Crippen LogP contribution in [0.4, 0.5) is 0 Å². The molecule has 0 spiro atoms. The molecule has 2 aromatic heterocycles. The normalized spacial score (nSPS) is 11.7. The lowest BCUT2D eigenvalue weighted by Crippen LogP contribution is -2.11. The van der Waals surface area contributed by atoms with Crippen molar-refractivity contribution in [1.29, 1.82) is 0 Å². The zero-order valence-electron chi connectivity index (χ0n) is 13.3. The zero-order chi connectivity index (χ0) is 17.0. The summed E-state index contributed by atoms with van der Waals surface area (Å²) < 4.78 is 29.7. The Morgan fingerprint density at radius 2 is 2.00 bits per heavy atom. The Balaban J connectivity index is 1.55. The highest BCUT2D eigenvalue weighted by Crippen LogP contribution is 2.21. The minimum absolute atomic E-state index is 0.0734. The van der Waals surface area contributed by atoms with Crippen LogP contribution in [0.3, 0.4) is 0 Å². The van der Waals surface area contributed by atoms with Gasteiger partial charge in [0.05, 0.1) is 16.4 Å². The Morgan fingerprint density at radius 1 is 1.17 bits per heavy atom. The number of hydrogen-bond acceptors (Lipinski definition) is 6. The van der Waals surface area contributed by atoms with Gasteiger partial charge in [0.15, 0.2) is 9.84 Å². The van der Waals surface area contributed by atoms with Crippen molar-refractivity contribution in [2.24, 2.45) is 0 Å². The first-order valence-corrected chi connectivity index (χ1v) is 10.3. The maximum atomic E-state index is 12.3. The highest BCUT2D eigenvalue weighted by atomic mass is 32.2. The van der Waals surface area contributed by atoms with E-state index in [0.29, 0.717) is 24.6 Å². The molecule has 0 N–H and O–H groups in total. The van der Waals surface area contributed by atoms with E-state index in [1.807, 2.05) is 48.7 Å². The van der Waals surface area contributed by atoms with E-state index < -0.39 is 9.84 Å². The lowest BCUT2D eigenvalue weighted by Gasteiger charge is -2.06. The number of rotatable bonds is 7. The minimum atomic E-state index is -3.15. The second-order valence-corrected chi connectivity index (χ2v) is 8.74. The van der Waals surface area contributed by atoms with Crippen molar-refractivity contribution in [3.05, 3.63) is 58.8 Å². The molecule has 0 atom stereocenters. The molecule has 3 aromatic rings. The first-order valence-electron chi connectivity index (χ1n) is 7.65. The number of sulfone groups is 1. The second kappa shape index (κ2) is 7.27. The Bertz CT molecular complexity index is 900. The summed E-state index contributed by atoms with van der Waals surface area (Å²) in [6.45, 7) is 1.93. The summed E-state index contributed by atoms with van der Waals surface area (Å²) in [6, 6.07) is 11.4. The van der Waals surface area contributed by atoms with Crippen molar-refractivity contribution in [3.8, 4) is 10.7 Å². The molecule has 0 aliphatic heterocycles. The number of aromatic nitrogens is 2. The van der Waals surface area contributed by atoms with Crippen LogP contribution in [0, 0.1) is 6.92 Å². The van der Waals surface area contributed by atoms with Crippen molar-refractivity contribution < 1.29 is 12.9 Å². The molecule has 0 amide bonds. The van der Waals surface area contributed by atoms with Crippen molar-refractivity contribution >= 4 is 21.2 Å². The van der Waals surface area contributed by atoms with Gasteiger partial charge >= 0.3 is 0 Å². The summed E-state index contributed by atoms with van der Waals surface area (Å²) in [7, 11) is -3.15. The van der Waals surface area contributed by atoms with Crippen molar-refractivity contribution in [3.63, 3.8) is 0 Å². The molecule has 0 saturated heterocycles. The summed E-state index contributed by atoms with van der Waals surface area (Å²) in [5.41, 5.74) is 1.86. The van der Waals surface area contributed by atoms with E-state index in [1.165, 1.54) is 11.3 Å². The maximum Gasteiger partial charge on any atom is 0.227 e. The molecule has 0 aliphatic carbocycles. The third kappa shape index (κ3) is 4.30. The van der Waals surface area contributed by atoms with Crippen LogP contribution in [0.25, 0.3) is 10.7 Å². The topological polar surface area (TPSA) is 73.1 Å². The van der Waals surface area contributed by atoms with E-state index in [1.54, 1.807) is 0 Å². The van der Waals surface area contributed by atoms with E-state index >= 15 is 0 Å². The van der Waals surface area contributed by atoms with E-state index in [2.05, 4.69) is 10.1 Å².